The van der Waals surface area contributed by atoms with E-state index >= 15 is 0 Å². The van der Waals surface area contributed by atoms with Crippen LogP contribution in [-0.4, -0.2) is 45.1 Å². The Morgan fingerprint density at radius 2 is 1.77 bits per heavy atom. The molecule has 2 aromatic carbocycles. The molecule has 0 saturated heterocycles. The lowest BCUT2D eigenvalue weighted by Gasteiger charge is -2.19. The van der Waals surface area contributed by atoms with Crippen LogP contribution in [0.5, 0.6) is 11.5 Å². The molecule has 0 aliphatic carbocycles. The highest BCUT2D eigenvalue weighted by Crippen LogP contribution is 2.35. The van der Waals surface area contributed by atoms with Crippen molar-refractivity contribution in [2.45, 2.75) is 13.1 Å². The van der Waals surface area contributed by atoms with Crippen LogP contribution in [0.3, 0.4) is 0 Å². The van der Waals surface area contributed by atoms with Gasteiger partial charge in [-0.3, -0.25) is 9.58 Å². The van der Waals surface area contributed by atoms with Crippen molar-refractivity contribution >= 4 is 0 Å². The van der Waals surface area contributed by atoms with Gasteiger partial charge >= 0.3 is 0 Å². The molecule has 0 amide bonds. The molecule has 8 heteroatoms. The van der Waals surface area contributed by atoms with Gasteiger partial charge in [-0.05, 0) is 25.2 Å². The zero-order valence-electron chi connectivity index (χ0n) is 17.5. The largest absolute Gasteiger partial charge is 0.486 e. The predicted octanol–water partition coefficient (Wildman–Crippen LogP) is 3.54. The van der Waals surface area contributed by atoms with Gasteiger partial charge in [-0.2, -0.15) is 10.1 Å². The van der Waals surface area contributed by atoms with E-state index in [4.69, 9.17) is 14.0 Å². The first-order valence-electron chi connectivity index (χ1n) is 10.1. The molecule has 0 bridgehead atoms. The van der Waals surface area contributed by atoms with Crippen molar-refractivity contribution in [1.29, 1.82) is 0 Å². The highest BCUT2D eigenvalue weighted by Gasteiger charge is 2.18. The summed E-state index contributed by atoms with van der Waals surface area (Å²) in [7, 11) is 3.95. The molecule has 1 aliphatic rings. The van der Waals surface area contributed by atoms with Crippen molar-refractivity contribution < 1.29 is 14.0 Å². The Labute approximate surface area is 180 Å². The summed E-state index contributed by atoms with van der Waals surface area (Å²) in [5.74, 6) is 2.71. The summed E-state index contributed by atoms with van der Waals surface area (Å²) in [5, 5.41) is 8.78. The Balaban J connectivity index is 1.32. The number of hydrogen-bond acceptors (Lipinski definition) is 7. The average molecular weight is 417 g/mol. The SMILES string of the molecule is CN(Cc1nc(-c2ccccc2)no1)Cc1cn(C)nc1-c1ccc2c(c1)OCCO2. The smallest absolute Gasteiger partial charge is 0.241 e. The predicted molar refractivity (Wildman–Crippen MR) is 115 cm³/mol. The molecule has 0 radical (unpaired) electrons. The molecular weight excluding hydrogens is 394 g/mol. The van der Waals surface area contributed by atoms with Gasteiger partial charge in [0.05, 0.1) is 12.2 Å². The molecule has 0 saturated carbocycles. The second-order valence-corrected chi connectivity index (χ2v) is 7.59. The first-order valence-corrected chi connectivity index (χ1v) is 10.1. The van der Waals surface area contributed by atoms with Crippen molar-refractivity contribution in [2.75, 3.05) is 20.3 Å². The summed E-state index contributed by atoms with van der Waals surface area (Å²) < 4.78 is 18.7. The van der Waals surface area contributed by atoms with Crippen molar-refractivity contribution in [3.63, 3.8) is 0 Å². The summed E-state index contributed by atoms with van der Waals surface area (Å²) in [6.45, 7) is 2.35. The highest BCUT2D eigenvalue weighted by atomic mass is 16.6. The topological polar surface area (TPSA) is 78.4 Å². The number of nitrogens with zero attached hydrogens (tertiary/aromatic N) is 5. The molecule has 3 heterocycles. The number of aromatic nitrogens is 4. The Morgan fingerprint density at radius 1 is 0.968 bits per heavy atom. The first-order chi connectivity index (χ1) is 15.2. The molecule has 0 atom stereocenters. The van der Waals surface area contributed by atoms with E-state index in [9.17, 15) is 0 Å². The summed E-state index contributed by atoms with van der Waals surface area (Å²) >= 11 is 0. The van der Waals surface area contributed by atoms with Crippen molar-refractivity contribution in [1.82, 2.24) is 24.8 Å². The highest BCUT2D eigenvalue weighted by molar-refractivity contribution is 5.67. The van der Waals surface area contributed by atoms with Gasteiger partial charge in [0.25, 0.3) is 0 Å². The maximum Gasteiger partial charge on any atom is 0.241 e. The maximum atomic E-state index is 5.73. The van der Waals surface area contributed by atoms with E-state index in [-0.39, 0.29) is 0 Å². The zero-order valence-corrected chi connectivity index (χ0v) is 17.5. The third-order valence-electron chi connectivity index (χ3n) is 5.07. The lowest BCUT2D eigenvalue weighted by Crippen LogP contribution is -2.17. The van der Waals surface area contributed by atoms with Crippen LogP contribution in [0.25, 0.3) is 22.6 Å². The minimum atomic E-state index is 0.537. The van der Waals surface area contributed by atoms with Crippen LogP contribution < -0.4 is 9.47 Å². The Kier molecular flexibility index (Phi) is 5.13. The van der Waals surface area contributed by atoms with Crippen LogP contribution in [-0.2, 0) is 20.1 Å². The van der Waals surface area contributed by atoms with Crippen molar-refractivity contribution in [3.8, 4) is 34.1 Å². The van der Waals surface area contributed by atoms with E-state index in [0.29, 0.717) is 38.0 Å². The second-order valence-electron chi connectivity index (χ2n) is 7.59. The van der Waals surface area contributed by atoms with E-state index in [1.54, 1.807) is 0 Å². The molecule has 0 fully saturated rings. The molecule has 0 spiro atoms. The molecule has 1 aliphatic heterocycles. The van der Waals surface area contributed by atoms with Crippen LogP contribution in [0.1, 0.15) is 11.5 Å². The minimum absolute atomic E-state index is 0.537. The van der Waals surface area contributed by atoms with Crippen LogP contribution in [0.2, 0.25) is 0 Å². The molecular formula is C23H23N5O3. The molecule has 2 aromatic heterocycles. The molecule has 8 nitrogen and oxygen atoms in total. The Hall–Kier alpha value is -3.65. The number of benzene rings is 2. The summed E-state index contributed by atoms with van der Waals surface area (Å²) in [5.41, 5.74) is 3.96. The minimum Gasteiger partial charge on any atom is -0.486 e. The van der Waals surface area contributed by atoms with Gasteiger partial charge in [-0.1, -0.05) is 35.5 Å². The van der Waals surface area contributed by atoms with Gasteiger partial charge in [-0.25, -0.2) is 0 Å². The fourth-order valence-corrected chi connectivity index (χ4v) is 3.69. The summed E-state index contributed by atoms with van der Waals surface area (Å²) in [6, 6.07) is 15.8. The van der Waals surface area contributed by atoms with Gasteiger partial charge in [0, 0.05) is 36.5 Å². The molecule has 4 aromatic rings. The second kappa shape index (κ2) is 8.23. The molecule has 31 heavy (non-hydrogen) atoms. The van der Waals surface area contributed by atoms with Crippen LogP contribution in [0.4, 0.5) is 0 Å². The number of fused-ring (bicyclic) bond motifs is 1. The van der Waals surface area contributed by atoms with Gasteiger partial charge in [0.1, 0.15) is 13.2 Å². The molecule has 5 rings (SSSR count). The third-order valence-corrected chi connectivity index (χ3v) is 5.07. The van der Waals surface area contributed by atoms with E-state index in [1.807, 2.05) is 73.5 Å². The standard InChI is InChI=1S/C23H23N5O3/c1-27(15-21-24-23(26-31-21)16-6-4-3-5-7-16)13-18-14-28(2)25-22(18)17-8-9-19-20(12-17)30-11-10-29-19/h3-9,12,14H,10-11,13,15H2,1-2H3. The molecule has 158 valence electrons. The fourth-order valence-electron chi connectivity index (χ4n) is 3.69. The van der Waals surface area contributed by atoms with Gasteiger partial charge < -0.3 is 14.0 Å². The lowest BCUT2D eigenvalue weighted by molar-refractivity contribution is 0.171. The van der Waals surface area contributed by atoms with Crippen molar-refractivity contribution in [3.05, 3.63) is 66.2 Å². The number of aryl methyl sites for hydroxylation is 1. The molecule has 0 unspecified atom stereocenters. The van der Waals surface area contributed by atoms with Gasteiger partial charge in [0.15, 0.2) is 11.5 Å². The monoisotopic (exact) mass is 417 g/mol. The van der Waals surface area contributed by atoms with E-state index < -0.39 is 0 Å². The van der Waals surface area contributed by atoms with Crippen molar-refractivity contribution in [2.24, 2.45) is 7.05 Å². The number of ether oxygens (including phenoxy) is 2. The third kappa shape index (κ3) is 4.15. The quantitative estimate of drug-likeness (QED) is 0.475. The van der Waals surface area contributed by atoms with Gasteiger partial charge in [-0.15, -0.1) is 0 Å². The number of rotatable bonds is 6. The van der Waals surface area contributed by atoms with Crippen LogP contribution in [0.15, 0.2) is 59.3 Å². The van der Waals surface area contributed by atoms with Gasteiger partial charge in [0.2, 0.25) is 11.7 Å². The first kappa shape index (κ1) is 19.3. The summed E-state index contributed by atoms with van der Waals surface area (Å²) in [6.07, 6.45) is 2.03. The normalized spacial score (nSPS) is 13.0. The Bertz CT molecular complexity index is 1190. The average Bonchev–Trinajstić information content (AvgIpc) is 3.40. The Morgan fingerprint density at radius 3 is 2.61 bits per heavy atom. The fraction of sp³-hybridized carbons (Fsp3) is 0.261. The van der Waals surface area contributed by atoms with E-state index in [0.717, 1.165) is 33.9 Å². The van der Waals surface area contributed by atoms with Crippen LogP contribution >= 0.6 is 0 Å². The van der Waals surface area contributed by atoms with Crippen LogP contribution in [0, 0.1) is 0 Å². The summed E-state index contributed by atoms with van der Waals surface area (Å²) in [4.78, 5) is 6.65. The van der Waals surface area contributed by atoms with E-state index in [1.165, 1.54) is 0 Å². The van der Waals surface area contributed by atoms with E-state index in [2.05, 4.69) is 20.1 Å². The lowest BCUT2D eigenvalue weighted by atomic mass is 10.1. The maximum absolute atomic E-state index is 5.73. The number of hydrogen-bond donors (Lipinski definition) is 0. The molecule has 0 N–H and O–H groups in total. The zero-order chi connectivity index (χ0) is 21.2.